The van der Waals surface area contributed by atoms with Crippen LogP contribution in [-0.4, -0.2) is 61.2 Å². The highest BCUT2D eigenvalue weighted by Crippen LogP contribution is 2.29. The third-order valence-corrected chi connectivity index (χ3v) is 5.59. The highest BCUT2D eigenvalue weighted by Gasteiger charge is 2.25. The summed E-state index contributed by atoms with van der Waals surface area (Å²) in [4.78, 5) is 31.7. The molecule has 2 aromatic rings. The number of nitrogens with zero attached hydrogens (tertiary/aromatic N) is 3. The summed E-state index contributed by atoms with van der Waals surface area (Å²) in [5.74, 6) is -0.479. The number of amides is 2. The number of piperidine rings is 1. The predicted molar refractivity (Wildman–Crippen MR) is 103 cm³/mol. The van der Waals surface area contributed by atoms with Crippen LogP contribution in [0.2, 0.25) is 0 Å². The molecule has 27 heavy (non-hydrogen) atoms. The van der Waals surface area contributed by atoms with E-state index in [9.17, 15) is 14.0 Å². The third-order valence-electron chi connectivity index (χ3n) is 4.45. The van der Waals surface area contributed by atoms with E-state index in [0.717, 1.165) is 4.70 Å². The molecule has 1 aromatic carbocycles. The van der Waals surface area contributed by atoms with Gasteiger partial charge in [-0.3, -0.25) is 4.79 Å². The zero-order valence-corrected chi connectivity index (χ0v) is 16.2. The SMILES string of the molecule is CCOC(=O)N1CCC(NC(=O)CN(C)c2nc3c(F)cccc3s2)CC1. The van der Waals surface area contributed by atoms with Crippen molar-refractivity contribution in [2.45, 2.75) is 25.8 Å². The number of aromatic nitrogens is 1. The number of carbonyl (C=O) groups is 2. The first kappa shape index (κ1) is 19.3. The van der Waals surface area contributed by atoms with Gasteiger partial charge in [-0.25, -0.2) is 14.2 Å². The minimum atomic E-state index is -0.360. The lowest BCUT2D eigenvalue weighted by Crippen LogP contribution is -2.48. The van der Waals surface area contributed by atoms with E-state index in [1.54, 1.807) is 29.8 Å². The van der Waals surface area contributed by atoms with Crippen LogP contribution in [0, 0.1) is 5.82 Å². The van der Waals surface area contributed by atoms with E-state index < -0.39 is 0 Å². The first-order valence-corrected chi connectivity index (χ1v) is 9.76. The number of anilines is 1. The number of likely N-dealkylation sites (N-methyl/N-ethyl adjacent to an activating group) is 1. The molecule has 146 valence electrons. The Bertz CT molecular complexity index is 820. The number of hydrogen-bond acceptors (Lipinski definition) is 6. The number of ether oxygens (including phenoxy) is 1. The highest BCUT2D eigenvalue weighted by molar-refractivity contribution is 7.22. The molecule has 0 saturated carbocycles. The van der Waals surface area contributed by atoms with Crippen LogP contribution in [0.25, 0.3) is 10.2 Å². The fraction of sp³-hybridized carbons (Fsp3) is 0.500. The van der Waals surface area contributed by atoms with Gasteiger partial charge in [0.25, 0.3) is 0 Å². The van der Waals surface area contributed by atoms with Crippen molar-refractivity contribution in [2.24, 2.45) is 0 Å². The molecule has 1 aromatic heterocycles. The monoisotopic (exact) mass is 394 g/mol. The van der Waals surface area contributed by atoms with Gasteiger partial charge in [-0.05, 0) is 31.9 Å². The lowest BCUT2D eigenvalue weighted by Gasteiger charge is -2.31. The predicted octanol–water partition coefficient (Wildman–Crippen LogP) is 2.61. The maximum absolute atomic E-state index is 13.8. The summed E-state index contributed by atoms with van der Waals surface area (Å²) >= 11 is 1.35. The van der Waals surface area contributed by atoms with Crippen molar-refractivity contribution in [1.29, 1.82) is 0 Å². The van der Waals surface area contributed by atoms with Gasteiger partial charge in [0.15, 0.2) is 5.13 Å². The molecule has 1 N–H and O–H groups in total. The van der Waals surface area contributed by atoms with Crippen molar-refractivity contribution in [3.8, 4) is 0 Å². The molecule has 0 spiro atoms. The summed E-state index contributed by atoms with van der Waals surface area (Å²) < 4.78 is 19.5. The number of carbonyl (C=O) groups excluding carboxylic acids is 2. The molecular formula is C18H23FN4O3S. The molecule has 1 aliphatic rings. The Morgan fingerprint density at radius 3 is 2.81 bits per heavy atom. The third kappa shape index (κ3) is 4.65. The molecule has 0 unspecified atom stereocenters. The molecule has 1 aliphatic heterocycles. The normalized spacial score (nSPS) is 15.0. The van der Waals surface area contributed by atoms with Crippen molar-refractivity contribution in [3.05, 3.63) is 24.0 Å². The largest absolute Gasteiger partial charge is 0.450 e. The first-order valence-electron chi connectivity index (χ1n) is 8.95. The van der Waals surface area contributed by atoms with Crippen LogP contribution in [0.1, 0.15) is 19.8 Å². The molecule has 2 amide bonds. The van der Waals surface area contributed by atoms with E-state index in [1.807, 2.05) is 6.07 Å². The number of thiazole rings is 1. The summed E-state index contributed by atoms with van der Waals surface area (Å²) in [7, 11) is 1.76. The van der Waals surface area contributed by atoms with Crippen LogP contribution in [0.5, 0.6) is 0 Å². The number of halogens is 1. The topological polar surface area (TPSA) is 74.8 Å². The van der Waals surface area contributed by atoms with Gasteiger partial charge in [0.2, 0.25) is 5.91 Å². The lowest BCUT2D eigenvalue weighted by atomic mass is 10.1. The summed E-state index contributed by atoms with van der Waals surface area (Å²) in [5.41, 5.74) is 0.330. The second-order valence-electron chi connectivity index (χ2n) is 6.47. The van der Waals surface area contributed by atoms with Crippen LogP contribution in [0.4, 0.5) is 14.3 Å². The molecule has 0 atom stereocenters. The van der Waals surface area contributed by atoms with Crippen LogP contribution in [-0.2, 0) is 9.53 Å². The average molecular weight is 394 g/mol. The minimum Gasteiger partial charge on any atom is -0.450 e. The number of likely N-dealkylation sites (tertiary alicyclic amines) is 1. The molecule has 1 fully saturated rings. The van der Waals surface area contributed by atoms with Gasteiger partial charge >= 0.3 is 6.09 Å². The van der Waals surface area contributed by atoms with E-state index in [4.69, 9.17) is 4.74 Å². The molecule has 3 rings (SSSR count). The van der Waals surface area contributed by atoms with Gasteiger partial charge in [0, 0.05) is 26.2 Å². The molecule has 0 bridgehead atoms. The summed E-state index contributed by atoms with van der Waals surface area (Å²) in [6.07, 6.45) is 1.09. The van der Waals surface area contributed by atoms with Crippen LogP contribution in [0.15, 0.2) is 18.2 Å². The highest BCUT2D eigenvalue weighted by atomic mass is 32.1. The maximum Gasteiger partial charge on any atom is 0.409 e. The Hall–Kier alpha value is -2.42. The van der Waals surface area contributed by atoms with Crippen molar-refractivity contribution in [1.82, 2.24) is 15.2 Å². The van der Waals surface area contributed by atoms with Gasteiger partial charge in [-0.1, -0.05) is 17.4 Å². The Morgan fingerprint density at radius 2 is 2.15 bits per heavy atom. The van der Waals surface area contributed by atoms with E-state index in [-0.39, 0.29) is 30.4 Å². The molecule has 7 nitrogen and oxygen atoms in total. The first-order chi connectivity index (χ1) is 13.0. The number of nitrogens with one attached hydrogen (secondary N) is 1. The van der Waals surface area contributed by atoms with Crippen molar-refractivity contribution < 1.29 is 18.7 Å². The number of fused-ring (bicyclic) bond motifs is 1. The Labute approximate surface area is 161 Å². The summed E-state index contributed by atoms with van der Waals surface area (Å²) in [5, 5.41) is 3.60. The van der Waals surface area contributed by atoms with Gasteiger partial charge in [-0.2, -0.15) is 0 Å². The van der Waals surface area contributed by atoms with Gasteiger partial charge in [-0.15, -0.1) is 0 Å². The molecular weight excluding hydrogens is 371 g/mol. The number of para-hydroxylation sites is 1. The Kier molecular flexibility index (Phi) is 6.10. The Balaban J connectivity index is 1.50. The van der Waals surface area contributed by atoms with Crippen LogP contribution in [0.3, 0.4) is 0 Å². The Morgan fingerprint density at radius 1 is 1.41 bits per heavy atom. The second-order valence-corrected chi connectivity index (χ2v) is 7.48. The molecule has 0 aliphatic carbocycles. The number of benzene rings is 1. The van der Waals surface area contributed by atoms with E-state index in [1.165, 1.54) is 17.4 Å². The summed E-state index contributed by atoms with van der Waals surface area (Å²) in [6.45, 7) is 3.41. The summed E-state index contributed by atoms with van der Waals surface area (Å²) in [6, 6.07) is 4.87. The molecule has 0 radical (unpaired) electrons. The van der Waals surface area contributed by atoms with Gasteiger partial charge in [0.05, 0.1) is 17.9 Å². The van der Waals surface area contributed by atoms with E-state index in [2.05, 4.69) is 10.3 Å². The average Bonchev–Trinajstić information content (AvgIpc) is 3.08. The van der Waals surface area contributed by atoms with Crippen molar-refractivity contribution in [3.63, 3.8) is 0 Å². The zero-order chi connectivity index (χ0) is 19.4. The zero-order valence-electron chi connectivity index (χ0n) is 15.4. The maximum atomic E-state index is 13.8. The van der Waals surface area contributed by atoms with Gasteiger partial charge < -0.3 is 19.9 Å². The van der Waals surface area contributed by atoms with Crippen molar-refractivity contribution >= 4 is 38.7 Å². The fourth-order valence-corrected chi connectivity index (χ4v) is 3.98. The fourth-order valence-electron chi connectivity index (χ4n) is 3.04. The van der Waals surface area contributed by atoms with E-state index >= 15 is 0 Å². The van der Waals surface area contributed by atoms with Crippen molar-refractivity contribution in [2.75, 3.05) is 38.2 Å². The lowest BCUT2D eigenvalue weighted by molar-refractivity contribution is -0.120. The van der Waals surface area contributed by atoms with Gasteiger partial charge in [0.1, 0.15) is 11.3 Å². The number of hydrogen-bond donors (Lipinski definition) is 1. The molecule has 2 heterocycles. The van der Waals surface area contributed by atoms with Crippen LogP contribution < -0.4 is 10.2 Å². The van der Waals surface area contributed by atoms with E-state index in [0.29, 0.717) is 43.2 Å². The quantitative estimate of drug-likeness (QED) is 0.844. The smallest absolute Gasteiger partial charge is 0.409 e. The standard InChI is InChI=1S/C18H23FN4O3S/c1-3-26-18(25)23-9-7-12(8-10-23)20-15(24)11-22(2)17-21-16-13(19)5-4-6-14(16)27-17/h4-6,12H,3,7-11H2,1-2H3,(H,20,24). The number of rotatable bonds is 5. The molecule has 1 saturated heterocycles. The second kappa shape index (κ2) is 8.51. The minimum absolute atomic E-state index is 0.0318. The molecule has 9 heteroatoms. The van der Waals surface area contributed by atoms with Crippen LogP contribution >= 0.6 is 11.3 Å².